The number of phenolic OH excluding ortho intramolecular Hbond substituents is 1. The predicted octanol–water partition coefficient (Wildman–Crippen LogP) is 3.45. The van der Waals surface area contributed by atoms with Gasteiger partial charge < -0.3 is 15.0 Å². The van der Waals surface area contributed by atoms with Crippen molar-refractivity contribution in [2.24, 2.45) is 5.41 Å². The molecule has 21 heavy (non-hydrogen) atoms. The van der Waals surface area contributed by atoms with Crippen LogP contribution in [0.5, 0.6) is 5.75 Å². The van der Waals surface area contributed by atoms with Crippen molar-refractivity contribution in [1.29, 1.82) is 0 Å². The van der Waals surface area contributed by atoms with E-state index in [2.05, 4.69) is 35.6 Å². The summed E-state index contributed by atoms with van der Waals surface area (Å²) in [6, 6.07) is 5.42. The van der Waals surface area contributed by atoms with Crippen molar-refractivity contribution in [3.8, 4) is 5.75 Å². The molecule has 0 aliphatic heterocycles. The number of imidazole rings is 1. The lowest BCUT2D eigenvalue weighted by molar-refractivity contribution is 0.239. The van der Waals surface area contributed by atoms with Crippen LogP contribution in [0, 0.1) is 5.41 Å². The van der Waals surface area contributed by atoms with E-state index < -0.39 is 0 Å². The molecule has 0 aliphatic carbocycles. The highest BCUT2D eigenvalue weighted by molar-refractivity contribution is 6.31. The molecule has 1 heterocycles. The van der Waals surface area contributed by atoms with Crippen molar-refractivity contribution < 1.29 is 5.11 Å². The SMILES string of the molecule is CC(C)(C)C(Cn1ccnc1)NCc1c(O)cccc1Cl. The first-order valence-electron chi connectivity index (χ1n) is 7.03. The van der Waals surface area contributed by atoms with Crippen LogP contribution in [0.25, 0.3) is 0 Å². The zero-order valence-electron chi connectivity index (χ0n) is 12.7. The van der Waals surface area contributed by atoms with E-state index in [1.54, 1.807) is 24.4 Å². The summed E-state index contributed by atoms with van der Waals surface area (Å²) in [5.74, 6) is 0.227. The summed E-state index contributed by atoms with van der Waals surface area (Å²) in [4.78, 5) is 4.08. The number of hydrogen-bond donors (Lipinski definition) is 2. The van der Waals surface area contributed by atoms with Gasteiger partial charge in [0.1, 0.15) is 5.75 Å². The van der Waals surface area contributed by atoms with Crippen LogP contribution in [0.4, 0.5) is 0 Å². The number of nitrogens with one attached hydrogen (secondary N) is 1. The minimum Gasteiger partial charge on any atom is -0.508 e. The average molecular weight is 308 g/mol. The van der Waals surface area contributed by atoms with Crippen molar-refractivity contribution in [3.05, 3.63) is 47.5 Å². The van der Waals surface area contributed by atoms with Crippen LogP contribution in [0.3, 0.4) is 0 Å². The maximum atomic E-state index is 9.92. The fourth-order valence-electron chi connectivity index (χ4n) is 2.20. The summed E-state index contributed by atoms with van der Waals surface area (Å²) in [5, 5.41) is 14.0. The molecule has 1 aromatic carbocycles. The number of hydrogen-bond acceptors (Lipinski definition) is 3. The molecule has 2 rings (SSSR count). The quantitative estimate of drug-likeness (QED) is 0.889. The van der Waals surface area contributed by atoms with Crippen molar-refractivity contribution >= 4 is 11.6 Å². The average Bonchev–Trinajstić information content (AvgIpc) is 2.88. The summed E-state index contributed by atoms with van der Waals surface area (Å²) in [6.45, 7) is 7.91. The molecule has 0 aliphatic rings. The number of nitrogens with zero attached hydrogens (tertiary/aromatic N) is 2. The van der Waals surface area contributed by atoms with E-state index in [4.69, 9.17) is 11.6 Å². The second-order valence-electron chi connectivity index (χ2n) is 6.30. The van der Waals surface area contributed by atoms with E-state index in [9.17, 15) is 5.11 Å². The Labute approximate surface area is 130 Å². The summed E-state index contributed by atoms with van der Waals surface area (Å²) in [6.07, 6.45) is 5.54. The van der Waals surface area contributed by atoms with Crippen LogP contribution in [0.15, 0.2) is 36.9 Å². The van der Waals surface area contributed by atoms with Crippen LogP contribution in [-0.2, 0) is 13.1 Å². The van der Waals surface area contributed by atoms with Gasteiger partial charge in [-0.25, -0.2) is 4.98 Å². The van der Waals surface area contributed by atoms with Gasteiger partial charge in [-0.3, -0.25) is 0 Å². The van der Waals surface area contributed by atoms with Crippen molar-refractivity contribution in [3.63, 3.8) is 0 Å². The molecule has 4 nitrogen and oxygen atoms in total. The molecular weight excluding hydrogens is 286 g/mol. The van der Waals surface area contributed by atoms with Crippen LogP contribution < -0.4 is 5.32 Å². The molecule has 0 radical (unpaired) electrons. The smallest absolute Gasteiger partial charge is 0.121 e. The van der Waals surface area contributed by atoms with E-state index in [1.165, 1.54) is 0 Å². The Morgan fingerprint density at radius 1 is 1.38 bits per heavy atom. The zero-order valence-corrected chi connectivity index (χ0v) is 13.4. The van der Waals surface area contributed by atoms with Gasteiger partial charge in [0.2, 0.25) is 0 Å². The molecule has 2 aromatic rings. The van der Waals surface area contributed by atoms with Gasteiger partial charge in [-0.1, -0.05) is 38.4 Å². The van der Waals surface area contributed by atoms with E-state index in [1.807, 2.05) is 12.5 Å². The van der Waals surface area contributed by atoms with Gasteiger partial charge in [0, 0.05) is 42.1 Å². The molecule has 1 unspecified atom stereocenters. The maximum absolute atomic E-state index is 9.92. The molecule has 0 saturated carbocycles. The third kappa shape index (κ3) is 4.22. The highest BCUT2D eigenvalue weighted by atomic mass is 35.5. The Kier molecular flexibility index (Phi) is 4.91. The standard InChI is InChI=1S/C16H22ClN3O/c1-16(2,3)15(10-20-8-7-18-11-20)19-9-12-13(17)5-4-6-14(12)21/h4-8,11,15,19,21H,9-10H2,1-3H3. The Morgan fingerprint density at radius 2 is 2.14 bits per heavy atom. The molecule has 2 N–H and O–H groups in total. The van der Waals surface area contributed by atoms with E-state index in [0.29, 0.717) is 11.6 Å². The van der Waals surface area contributed by atoms with Gasteiger partial charge in [-0.05, 0) is 17.5 Å². The largest absolute Gasteiger partial charge is 0.508 e. The number of aromatic hydroxyl groups is 1. The lowest BCUT2D eigenvalue weighted by Crippen LogP contribution is -2.43. The van der Waals surface area contributed by atoms with Gasteiger partial charge in [0.25, 0.3) is 0 Å². The molecule has 1 atom stereocenters. The Balaban J connectivity index is 2.09. The molecule has 114 valence electrons. The Bertz CT molecular complexity index is 555. The first kappa shape index (κ1) is 15.9. The molecule has 1 aromatic heterocycles. The van der Waals surface area contributed by atoms with Crippen molar-refractivity contribution in [2.75, 3.05) is 0 Å². The van der Waals surface area contributed by atoms with Crippen LogP contribution in [0.2, 0.25) is 5.02 Å². The highest BCUT2D eigenvalue weighted by Crippen LogP contribution is 2.27. The van der Waals surface area contributed by atoms with E-state index >= 15 is 0 Å². The summed E-state index contributed by atoms with van der Waals surface area (Å²) >= 11 is 6.15. The number of rotatable bonds is 5. The van der Waals surface area contributed by atoms with E-state index in [-0.39, 0.29) is 17.2 Å². The number of benzene rings is 1. The monoisotopic (exact) mass is 307 g/mol. The van der Waals surface area contributed by atoms with E-state index in [0.717, 1.165) is 12.1 Å². The van der Waals surface area contributed by atoms with Gasteiger partial charge in [-0.2, -0.15) is 0 Å². The zero-order chi connectivity index (χ0) is 15.5. The number of halogens is 1. The number of aromatic nitrogens is 2. The Morgan fingerprint density at radius 3 is 2.71 bits per heavy atom. The lowest BCUT2D eigenvalue weighted by atomic mass is 9.86. The minimum atomic E-state index is 0.0706. The Hall–Kier alpha value is -1.52. The van der Waals surface area contributed by atoms with Gasteiger partial charge >= 0.3 is 0 Å². The van der Waals surface area contributed by atoms with Crippen LogP contribution in [0.1, 0.15) is 26.3 Å². The lowest BCUT2D eigenvalue weighted by Gasteiger charge is -2.32. The highest BCUT2D eigenvalue weighted by Gasteiger charge is 2.25. The fourth-order valence-corrected chi connectivity index (χ4v) is 2.43. The van der Waals surface area contributed by atoms with Gasteiger partial charge in [0.15, 0.2) is 0 Å². The second kappa shape index (κ2) is 6.50. The molecule has 0 spiro atoms. The third-order valence-corrected chi connectivity index (χ3v) is 3.97. The minimum absolute atomic E-state index is 0.0706. The molecule has 5 heteroatoms. The molecule has 0 saturated heterocycles. The number of phenols is 1. The predicted molar refractivity (Wildman–Crippen MR) is 85.4 cm³/mol. The maximum Gasteiger partial charge on any atom is 0.121 e. The first-order valence-corrected chi connectivity index (χ1v) is 7.41. The molecule has 0 amide bonds. The van der Waals surface area contributed by atoms with Crippen molar-refractivity contribution in [2.45, 2.75) is 39.9 Å². The molecule has 0 fully saturated rings. The fraction of sp³-hybridized carbons (Fsp3) is 0.438. The first-order chi connectivity index (χ1) is 9.88. The topological polar surface area (TPSA) is 50.1 Å². The van der Waals surface area contributed by atoms with Gasteiger partial charge in [-0.15, -0.1) is 0 Å². The molecular formula is C16H22ClN3O. The third-order valence-electron chi connectivity index (χ3n) is 3.62. The normalized spacial score (nSPS) is 13.3. The second-order valence-corrected chi connectivity index (χ2v) is 6.70. The van der Waals surface area contributed by atoms with Crippen LogP contribution in [-0.4, -0.2) is 20.7 Å². The van der Waals surface area contributed by atoms with Crippen LogP contribution >= 0.6 is 11.6 Å². The van der Waals surface area contributed by atoms with Crippen molar-refractivity contribution in [1.82, 2.24) is 14.9 Å². The summed E-state index contributed by atoms with van der Waals surface area (Å²) < 4.78 is 2.05. The van der Waals surface area contributed by atoms with Gasteiger partial charge in [0.05, 0.1) is 6.33 Å². The molecule has 0 bridgehead atoms. The summed E-state index contributed by atoms with van der Waals surface area (Å²) in [7, 11) is 0. The summed E-state index contributed by atoms with van der Waals surface area (Å²) in [5.41, 5.74) is 0.806.